The first-order valence-corrected chi connectivity index (χ1v) is 9.72. The third-order valence-electron chi connectivity index (χ3n) is 4.65. The number of pyridine rings is 1. The van der Waals surface area contributed by atoms with E-state index in [-0.39, 0.29) is 24.0 Å². The Kier molecular flexibility index (Phi) is 9.30. The first-order valence-electron chi connectivity index (χ1n) is 9.72. The summed E-state index contributed by atoms with van der Waals surface area (Å²) in [5.74, 6) is 3.15. The summed E-state index contributed by atoms with van der Waals surface area (Å²) in [5, 5.41) is 6.64. The van der Waals surface area contributed by atoms with Crippen molar-refractivity contribution in [1.82, 2.24) is 10.3 Å². The highest BCUT2D eigenvalue weighted by molar-refractivity contribution is 14.0. The van der Waals surface area contributed by atoms with E-state index in [1.54, 1.807) is 14.2 Å². The molecule has 2 heterocycles. The summed E-state index contributed by atoms with van der Waals surface area (Å²) in [6, 6.07) is 9.91. The van der Waals surface area contributed by atoms with Crippen molar-refractivity contribution < 1.29 is 9.47 Å². The van der Waals surface area contributed by atoms with Crippen LogP contribution in [0.15, 0.2) is 41.5 Å². The van der Waals surface area contributed by atoms with Gasteiger partial charge < -0.3 is 25.0 Å². The third kappa shape index (κ3) is 6.38. The topological polar surface area (TPSA) is 71.0 Å². The van der Waals surface area contributed by atoms with E-state index in [4.69, 9.17) is 9.47 Å². The first kappa shape index (κ1) is 23.1. The monoisotopic (exact) mass is 511 g/mol. The highest BCUT2D eigenvalue weighted by Gasteiger charge is 2.13. The van der Waals surface area contributed by atoms with Gasteiger partial charge in [0.1, 0.15) is 5.82 Å². The molecule has 8 heteroatoms. The third-order valence-corrected chi connectivity index (χ3v) is 4.65. The minimum absolute atomic E-state index is 0. The molecule has 0 atom stereocenters. The van der Waals surface area contributed by atoms with Crippen molar-refractivity contribution in [3.8, 4) is 11.5 Å². The molecule has 2 N–H and O–H groups in total. The van der Waals surface area contributed by atoms with Crippen LogP contribution in [0.4, 0.5) is 11.5 Å². The molecule has 7 nitrogen and oxygen atoms in total. The van der Waals surface area contributed by atoms with Crippen molar-refractivity contribution >= 4 is 41.4 Å². The van der Waals surface area contributed by atoms with Gasteiger partial charge >= 0.3 is 0 Å². The van der Waals surface area contributed by atoms with E-state index in [0.717, 1.165) is 30.3 Å². The Labute approximate surface area is 189 Å². The number of aliphatic imine (C=N–C) groups is 1. The molecule has 0 bridgehead atoms. The number of halogens is 1. The molecule has 1 aliphatic heterocycles. The highest BCUT2D eigenvalue weighted by atomic mass is 127. The van der Waals surface area contributed by atoms with Crippen molar-refractivity contribution in [3.05, 3.63) is 42.1 Å². The Morgan fingerprint density at radius 1 is 1.17 bits per heavy atom. The molecule has 1 fully saturated rings. The van der Waals surface area contributed by atoms with Crippen LogP contribution in [0.3, 0.4) is 0 Å². The molecule has 29 heavy (non-hydrogen) atoms. The molecule has 1 aromatic heterocycles. The maximum atomic E-state index is 5.56. The van der Waals surface area contributed by atoms with E-state index in [1.165, 1.54) is 18.4 Å². The number of guanidine groups is 1. The minimum Gasteiger partial charge on any atom is -0.493 e. The van der Waals surface area contributed by atoms with Gasteiger partial charge in [0.05, 0.1) is 13.7 Å². The van der Waals surface area contributed by atoms with E-state index >= 15 is 0 Å². The van der Waals surface area contributed by atoms with Gasteiger partial charge in [0, 0.05) is 44.6 Å². The molecule has 0 spiro atoms. The molecule has 0 saturated carbocycles. The summed E-state index contributed by atoms with van der Waals surface area (Å²) in [6.45, 7) is 5.39. The molecule has 1 aromatic carbocycles. The number of anilines is 2. The number of nitrogens with one attached hydrogen (secondary N) is 2. The van der Waals surface area contributed by atoms with Crippen molar-refractivity contribution in [1.29, 1.82) is 0 Å². The SMILES string of the molecule is CCOc1ccc(NC(=NC)NCc2ccnc(N3CCCC3)c2)cc1OC.I. The van der Waals surface area contributed by atoms with Gasteiger partial charge in [-0.1, -0.05) is 0 Å². The van der Waals surface area contributed by atoms with Gasteiger partial charge in [0.2, 0.25) is 0 Å². The van der Waals surface area contributed by atoms with Crippen molar-refractivity contribution in [2.45, 2.75) is 26.3 Å². The predicted molar refractivity (Wildman–Crippen MR) is 129 cm³/mol. The molecule has 3 rings (SSSR count). The largest absolute Gasteiger partial charge is 0.493 e. The Morgan fingerprint density at radius 3 is 2.66 bits per heavy atom. The lowest BCUT2D eigenvalue weighted by Crippen LogP contribution is -2.30. The summed E-state index contributed by atoms with van der Waals surface area (Å²) in [6.07, 6.45) is 4.36. The van der Waals surface area contributed by atoms with Crippen LogP contribution in [0.5, 0.6) is 11.5 Å². The number of nitrogens with zero attached hydrogens (tertiary/aromatic N) is 3. The van der Waals surface area contributed by atoms with E-state index < -0.39 is 0 Å². The van der Waals surface area contributed by atoms with Crippen LogP contribution >= 0.6 is 24.0 Å². The van der Waals surface area contributed by atoms with Crippen molar-refractivity contribution in [3.63, 3.8) is 0 Å². The van der Waals surface area contributed by atoms with Crippen LogP contribution < -0.4 is 25.0 Å². The van der Waals surface area contributed by atoms with Crippen molar-refractivity contribution in [2.75, 3.05) is 44.1 Å². The molecule has 158 valence electrons. The number of hydrogen-bond acceptors (Lipinski definition) is 5. The van der Waals surface area contributed by atoms with E-state index in [2.05, 4.69) is 31.6 Å². The van der Waals surface area contributed by atoms with Gasteiger partial charge in [-0.25, -0.2) is 4.98 Å². The zero-order chi connectivity index (χ0) is 19.8. The normalized spacial score (nSPS) is 13.6. The fraction of sp³-hybridized carbons (Fsp3) is 0.429. The Hall–Kier alpha value is -2.23. The van der Waals surface area contributed by atoms with E-state index in [0.29, 0.717) is 24.9 Å². The smallest absolute Gasteiger partial charge is 0.195 e. The molecule has 0 radical (unpaired) electrons. The van der Waals surface area contributed by atoms with E-state index in [9.17, 15) is 0 Å². The summed E-state index contributed by atoms with van der Waals surface area (Å²) in [5.41, 5.74) is 2.05. The van der Waals surface area contributed by atoms with E-state index in [1.807, 2.05) is 37.4 Å². The van der Waals surface area contributed by atoms with Crippen LogP contribution in [-0.4, -0.2) is 44.8 Å². The molecule has 0 amide bonds. The number of rotatable bonds is 7. The average Bonchev–Trinajstić information content (AvgIpc) is 3.27. The second kappa shape index (κ2) is 11.7. The summed E-state index contributed by atoms with van der Waals surface area (Å²) in [7, 11) is 3.39. The summed E-state index contributed by atoms with van der Waals surface area (Å²) < 4.78 is 11.0. The van der Waals surface area contributed by atoms with Gasteiger partial charge in [0.25, 0.3) is 0 Å². The maximum absolute atomic E-state index is 5.56. The Balaban J connectivity index is 0.00000300. The number of methoxy groups -OCH3 is 1. The van der Waals surface area contributed by atoms with Gasteiger partial charge in [-0.2, -0.15) is 0 Å². The molecule has 0 aliphatic carbocycles. The number of ether oxygens (including phenoxy) is 2. The lowest BCUT2D eigenvalue weighted by molar-refractivity contribution is 0.311. The standard InChI is InChI=1S/C21H29N5O2.HI/c1-4-28-18-8-7-17(14-19(18)27-3)25-21(22-2)24-15-16-9-10-23-20(13-16)26-11-5-6-12-26;/h7-10,13-14H,4-6,11-12,15H2,1-3H3,(H2,22,24,25);1H. The summed E-state index contributed by atoms with van der Waals surface area (Å²) in [4.78, 5) is 11.2. The van der Waals surface area contributed by atoms with Crippen molar-refractivity contribution in [2.24, 2.45) is 4.99 Å². The quantitative estimate of drug-likeness (QED) is 0.334. The van der Waals surface area contributed by atoms with Crippen LogP contribution in [0.2, 0.25) is 0 Å². The van der Waals surface area contributed by atoms with Gasteiger partial charge in [-0.15, -0.1) is 24.0 Å². The zero-order valence-electron chi connectivity index (χ0n) is 17.3. The zero-order valence-corrected chi connectivity index (χ0v) is 19.6. The molecule has 2 aromatic rings. The average molecular weight is 511 g/mol. The van der Waals surface area contributed by atoms with Gasteiger partial charge in [0.15, 0.2) is 17.5 Å². The fourth-order valence-corrected chi connectivity index (χ4v) is 3.21. The van der Waals surface area contributed by atoms with Gasteiger partial charge in [-0.3, -0.25) is 4.99 Å². The van der Waals surface area contributed by atoms with Gasteiger partial charge in [-0.05, 0) is 49.6 Å². The van der Waals surface area contributed by atoms with Crippen LogP contribution in [-0.2, 0) is 6.54 Å². The Morgan fingerprint density at radius 2 is 1.97 bits per heavy atom. The first-order chi connectivity index (χ1) is 13.7. The number of benzene rings is 1. The highest BCUT2D eigenvalue weighted by Crippen LogP contribution is 2.30. The van der Waals surface area contributed by atoms with Crippen LogP contribution in [0, 0.1) is 0 Å². The fourth-order valence-electron chi connectivity index (χ4n) is 3.21. The predicted octanol–water partition coefficient (Wildman–Crippen LogP) is 3.89. The molecule has 0 unspecified atom stereocenters. The number of hydrogen-bond donors (Lipinski definition) is 2. The molecular weight excluding hydrogens is 481 g/mol. The van der Waals surface area contributed by atoms with Crippen LogP contribution in [0.25, 0.3) is 0 Å². The second-order valence-electron chi connectivity index (χ2n) is 6.57. The minimum atomic E-state index is 0. The second-order valence-corrected chi connectivity index (χ2v) is 6.57. The lowest BCUT2D eigenvalue weighted by Gasteiger charge is -2.18. The molecule has 1 aliphatic rings. The van der Waals surface area contributed by atoms with Crippen LogP contribution in [0.1, 0.15) is 25.3 Å². The summed E-state index contributed by atoms with van der Waals surface area (Å²) >= 11 is 0. The Bertz CT molecular complexity index is 809. The lowest BCUT2D eigenvalue weighted by atomic mass is 10.2. The maximum Gasteiger partial charge on any atom is 0.195 e. The number of aromatic nitrogens is 1. The molecule has 1 saturated heterocycles. The molecular formula is C21H30IN5O2.